The minimum atomic E-state index is -1.65. The van der Waals surface area contributed by atoms with Crippen molar-refractivity contribution in [3.05, 3.63) is 82.9 Å². The van der Waals surface area contributed by atoms with Gasteiger partial charge in [0, 0.05) is 0 Å². The summed E-state index contributed by atoms with van der Waals surface area (Å²) in [5.74, 6) is 0. The molecular weight excluding hydrogens is 519 g/mol. The Balaban J connectivity index is 0.00000104. The Kier molecular flexibility index (Phi) is 7.25. The molecule has 0 saturated heterocycles. The molecule has 0 heterocycles. The van der Waals surface area contributed by atoms with Gasteiger partial charge in [0.15, 0.2) is 0 Å². The van der Waals surface area contributed by atoms with E-state index in [2.05, 4.69) is 85.9 Å². The molecule has 2 aromatic carbocycles. The van der Waals surface area contributed by atoms with Crippen molar-refractivity contribution < 1.29 is 54.3 Å². The summed E-state index contributed by atoms with van der Waals surface area (Å²) in [6, 6.07) is 18.1. The molecule has 4 heteroatoms. The van der Waals surface area contributed by atoms with Gasteiger partial charge in [0.1, 0.15) is 0 Å². The van der Waals surface area contributed by atoms with Crippen LogP contribution < -0.4 is 34.0 Å². The van der Waals surface area contributed by atoms with E-state index < -0.39 is 20.4 Å². The summed E-state index contributed by atoms with van der Waals surface area (Å²) < 4.78 is 1.53. The Morgan fingerprint density at radius 1 is 0.708 bits per heavy atom. The smallest absolute Gasteiger partial charge is 1.00 e. The third kappa shape index (κ3) is 3.58. The Bertz CT molecular complexity index is 772. The second-order valence-corrected chi connectivity index (χ2v) is 24.5. The normalized spacial score (nSPS) is 18.7. The molecule has 0 aliphatic heterocycles. The average Bonchev–Trinajstić information content (AvgIpc) is 3.13. The third-order valence-corrected chi connectivity index (χ3v) is 24.0. The number of halogens is 2. The first-order valence-electron chi connectivity index (χ1n) is 7.97. The van der Waals surface area contributed by atoms with Crippen LogP contribution in [0.5, 0.6) is 0 Å². The summed E-state index contributed by atoms with van der Waals surface area (Å²) in [4.78, 5) is 0. The number of fused-ring (bicyclic) bond motifs is 2. The van der Waals surface area contributed by atoms with Crippen molar-refractivity contribution >= 4 is 17.6 Å². The van der Waals surface area contributed by atoms with Gasteiger partial charge in [-0.05, 0) is 0 Å². The zero-order valence-electron chi connectivity index (χ0n) is 13.8. The second-order valence-electron chi connectivity index (χ2n) is 6.39. The van der Waals surface area contributed by atoms with E-state index in [-0.39, 0.29) is 39.4 Å². The van der Waals surface area contributed by atoms with Crippen molar-refractivity contribution in [2.45, 2.75) is 20.3 Å². The zero-order chi connectivity index (χ0) is 15.1. The molecule has 4 rings (SSSR count). The minimum absolute atomic E-state index is 0. The van der Waals surface area contributed by atoms with Crippen LogP contribution in [0.15, 0.2) is 60.7 Å². The topological polar surface area (TPSA) is 0 Å². The monoisotopic (exact) mass is 536 g/mol. The molecule has 0 fully saturated rings. The van der Waals surface area contributed by atoms with Gasteiger partial charge in [-0.1, -0.05) is 0 Å². The maximum atomic E-state index is 2.56. The SMILES string of the molecule is C[Si](C)=[Zr+2]([CH]1C=Cc2ccccc21)[CH]1C=Cc2ccccc21.[Br-].[Br-]. The molecule has 0 spiro atoms. The summed E-state index contributed by atoms with van der Waals surface area (Å²) >= 11 is -1.65. The Hall–Kier alpha value is -0.0200. The summed E-state index contributed by atoms with van der Waals surface area (Å²) in [7, 11) is 0. The van der Waals surface area contributed by atoms with Crippen LogP contribution in [0, 0.1) is 0 Å². The van der Waals surface area contributed by atoms with Crippen LogP contribution in [0.2, 0.25) is 13.1 Å². The number of hydrogen-bond donors (Lipinski definition) is 0. The molecule has 0 radical (unpaired) electrons. The molecule has 2 unspecified atom stereocenters. The van der Waals surface area contributed by atoms with E-state index in [9.17, 15) is 0 Å². The minimum Gasteiger partial charge on any atom is -1.00 e. The largest absolute Gasteiger partial charge is 1.00 e. The van der Waals surface area contributed by atoms with Crippen molar-refractivity contribution in [2.24, 2.45) is 0 Å². The Morgan fingerprint density at radius 2 is 1.12 bits per heavy atom. The molecule has 2 aromatic rings. The molecule has 0 saturated carbocycles. The van der Waals surface area contributed by atoms with Crippen LogP contribution in [0.1, 0.15) is 29.5 Å². The molecule has 0 nitrogen and oxygen atoms in total. The van der Waals surface area contributed by atoms with Gasteiger partial charge in [0.2, 0.25) is 0 Å². The van der Waals surface area contributed by atoms with Gasteiger partial charge in [-0.15, -0.1) is 0 Å². The first-order valence-corrected chi connectivity index (χ1v) is 17.0. The van der Waals surface area contributed by atoms with E-state index in [0.717, 1.165) is 7.25 Å². The molecule has 0 bridgehead atoms. The van der Waals surface area contributed by atoms with Gasteiger partial charge in [0.25, 0.3) is 0 Å². The first kappa shape index (κ1) is 20.3. The van der Waals surface area contributed by atoms with Gasteiger partial charge in [-0.25, -0.2) is 0 Å². The number of benzene rings is 2. The van der Waals surface area contributed by atoms with E-state index in [1.54, 1.807) is 11.1 Å². The van der Waals surface area contributed by atoms with Gasteiger partial charge >= 0.3 is 141 Å². The summed E-state index contributed by atoms with van der Waals surface area (Å²) in [6.45, 7) is 5.12. The second kappa shape index (κ2) is 8.58. The van der Waals surface area contributed by atoms with Crippen molar-refractivity contribution in [3.63, 3.8) is 0 Å². The van der Waals surface area contributed by atoms with Crippen LogP contribution >= 0.6 is 0 Å². The molecule has 2 atom stereocenters. The Morgan fingerprint density at radius 3 is 1.54 bits per heavy atom. The molecule has 0 N–H and O–H groups in total. The summed E-state index contributed by atoms with van der Waals surface area (Å²) in [5, 5.41) is 0. The first-order chi connectivity index (χ1) is 10.8. The molecular formula is C20H20Br2SiZr. The molecule has 2 aliphatic rings. The predicted octanol–water partition coefficient (Wildman–Crippen LogP) is -0.600. The van der Waals surface area contributed by atoms with Crippen LogP contribution in [0.4, 0.5) is 0 Å². The quantitative estimate of drug-likeness (QED) is 0.448. The van der Waals surface area contributed by atoms with Crippen LogP contribution in [0.25, 0.3) is 12.2 Å². The third-order valence-electron chi connectivity index (χ3n) is 4.85. The standard InChI is InChI=1S/2C9H7.C2H6Si.2BrH.Zr/c2*1-2-5-9-7-3-6-8(9)4-1;1-3-2;;;/h2*1-7H;1-2H3;2*1H;/q;;;;;+2/p-2. The van der Waals surface area contributed by atoms with Crippen molar-refractivity contribution in [3.8, 4) is 0 Å². The van der Waals surface area contributed by atoms with Crippen LogP contribution in [-0.4, -0.2) is 5.43 Å². The average molecular weight is 539 g/mol. The summed E-state index contributed by atoms with van der Waals surface area (Å²) in [6.07, 6.45) is 9.81. The number of allylic oxidation sites excluding steroid dienone is 2. The van der Waals surface area contributed by atoms with Crippen LogP contribution in [-0.2, 0) is 20.4 Å². The van der Waals surface area contributed by atoms with E-state index in [0.29, 0.717) is 0 Å². The fraction of sp³-hybridized carbons (Fsp3) is 0.200. The summed E-state index contributed by atoms with van der Waals surface area (Å²) in [5.41, 5.74) is 5.92. The Labute approximate surface area is 173 Å². The molecule has 0 aromatic heterocycles. The molecule has 0 amide bonds. The number of rotatable bonds is 2. The van der Waals surface area contributed by atoms with E-state index >= 15 is 0 Å². The van der Waals surface area contributed by atoms with Gasteiger partial charge in [-0.3, -0.25) is 0 Å². The predicted molar refractivity (Wildman–Crippen MR) is 93.9 cm³/mol. The number of hydrogen-bond acceptors (Lipinski definition) is 0. The fourth-order valence-corrected chi connectivity index (χ4v) is 22.6. The van der Waals surface area contributed by atoms with Gasteiger partial charge in [0.05, 0.1) is 0 Å². The van der Waals surface area contributed by atoms with Gasteiger partial charge in [-0.2, -0.15) is 0 Å². The molecule has 24 heavy (non-hydrogen) atoms. The van der Waals surface area contributed by atoms with Crippen molar-refractivity contribution in [2.75, 3.05) is 0 Å². The molecule has 2 aliphatic carbocycles. The van der Waals surface area contributed by atoms with Crippen LogP contribution in [0.3, 0.4) is 0 Å². The van der Waals surface area contributed by atoms with E-state index in [4.69, 9.17) is 0 Å². The maximum absolute atomic E-state index is 2.56. The zero-order valence-corrected chi connectivity index (χ0v) is 20.5. The van der Waals surface area contributed by atoms with Crippen molar-refractivity contribution in [1.29, 1.82) is 0 Å². The van der Waals surface area contributed by atoms with Gasteiger partial charge < -0.3 is 34.0 Å². The molecule has 122 valence electrons. The fourth-order valence-electron chi connectivity index (χ4n) is 3.86. The van der Waals surface area contributed by atoms with E-state index in [1.807, 2.05) is 0 Å². The maximum Gasteiger partial charge on any atom is -1.00 e. The van der Waals surface area contributed by atoms with E-state index in [1.165, 1.54) is 11.1 Å². The van der Waals surface area contributed by atoms with Crippen molar-refractivity contribution in [1.82, 2.24) is 0 Å².